The van der Waals surface area contributed by atoms with Crippen LogP contribution in [0.2, 0.25) is 0 Å². The highest BCUT2D eigenvalue weighted by Gasteiger charge is 2.41. The van der Waals surface area contributed by atoms with Crippen molar-refractivity contribution >= 4 is 11.3 Å². The van der Waals surface area contributed by atoms with E-state index in [-0.39, 0.29) is 5.60 Å². The van der Waals surface area contributed by atoms with Gasteiger partial charge in [-0.15, -0.1) is 11.3 Å². The van der Waals surface area contributed by atoms with E-state index in [1.165, 1.54) is 41.3 Å². The van der Waals surface area contributed by atoms with Crippen LogP contribution in [0.5, 0.6) is 0 Å². The molecule has 2 rings (SSSR count). The predicted octanol–water partition coefficient (Wildman–Crippen LogP) is 3.63. The summed E-state index contributed by atoms with van der Waals surface area (Å²) in [6, 6.07) is 0.389. The number of methoxy groups -OCH3 is 1. The van der Waals surface area contributed by atoms with E-state index < -0.39 is 0 Å². The molecule has 1 saturated carbocycles. The largest absolute Gasteiger partial charge is 0.377 e. The molecule has 1 N–H and O–H groups in total. The average Bonchev–Trinajstić information content (AvgIpc) is 3.03. The Labute approximate surface area is 127 Å². The Morgan fingerprint density at radius 1 is 1.35 bits per heavy atom. The maximum Gasteiger partial charge on any atom is 0.0947 e. The fourth-order valence-corrected chi connectivity index (χ4v) is 4.21. The first-order valence-corrected chi connectivity index (χ1v) is 8.64. The van der Waals surface area contributed by atoms with Crippen LogP contribution < -0.4 is 5.32 Å². The van der Waals surface area contributed by atoms with Crippen LogP contribution in [0.3, 0.4) is 0 Å². The molecule has 1 heterocycles. The summed E-state index contributed by atoms with van der Waals surface area (Å²) >= 11 is 1.84. The first-order valence-electron chi connectivity index (χ1n) is 7.82. The molecule has 114 valence electrons. The summed E-state index contributed by atoms with van der Waals surface area (Å²) < 4.78 is 5.98. The normalized spacial score (nSPS) is 19.4. The molecule has 0 spiro atoms. The Morgan fingerprint density at radius 3 is 2.55 bits per heavy atom. The first-order chi connectivity index (χ1) is 9.61. The van der Waals surface area contributed by atoms with E-state index in [2.05, 4.69) is 26.1 Å². The maximum atomic E-state index is 5.98. The fraction of sp³-hybridized carbons (Fsp3) is 0.812. The molecule has 0 aromatic carbocycles. The molecule has 0 aliphatic heterocycles. The van der Waals surface area contributed by atoms with Crippen LogP contribution in [0.1, 0.15) is 54.6 Å². The topological polar surface area (TPSA) is 34.2 Å². The van der Waals surface area contributed by atoms with Crippen LogP contribution in [-0.4, -0.2) is 30.3 Å². The van der Waals surface area contributed by atoms with Crippen molar-refractivity contribution in [2.45, 2.75) is 70.9 Å². The second-order valence-corrected chi connectivity index (χ2v) is 7.22. The van der Waals surface area contributed by atoms with Crippen molar-refractivity contribution in [3.63, 3.8) is 0 Å². The van der Waals surface area contributed by atoms with Crippen molar-refractivity contribution in [2.75, 3.05) is 13.7 Å². The van der Waals surface area contributed by atoms with E-state index >= 15 is 0 Å². The van der Waals surface area contributed by atoms with Gasteiger partial charge in [-0.05, 0) is 39.7 Å². The molecule has 0 radical (unpaired) electrons. The highest BCUT2D eigenvalue weighted by Crippen LogP contribution is 2.37. The fourth-order valence-electron chi connectivity index (χ4n) is 3.23. The molecule has 20 heavy (non-hydrogen) atoms. The number of nitrogens with one attached hydrogen (secondary N) is 1. The van der Waals surface area contributed by atoms with Gasteiger partial charge in [0, 0.05) is 24.4 Å². The minimum atomic E-state index is 0.0165. The lowest BCUT2D eigenvalue weighted by molar-refractivity contribution is -0.0354. The quantitative estimate of drug-likeness (QED) is 0.834. The summed E-state index contributed by atoms with van der Waals surface area (Å²) in [6.45, 7) is 7.53. The molecular formula is C16H28N2OS. The van der Waals surface area contributed by atoms with Crippen LogP contribution in [0.25, 0.3) is 0 Å². The number of aromatic nitrogens is 1. The summed E-state index contributed by atoms with van der Waals surface area (Å²) in [6.07, 6.45) is 7.07. The van der Waals surface area contributed by atoms with Gasteiger partial charge in [0.1, 0.15) is 0 Å². The van der Waals surface area contributed by atoms with Crippen molar-refractivity contribution in [2.24, 2.45) is 0 Å². The highest BCUT2D eigenvalue weighted by molar-refractivity contribution is 7.11. The second-order valence-electron chi connectivity index (χ2n) is 5.94. The molecule has 1 aliphatic rings. The third-order valence-electron chi connectivity index (χ3n) is 4.58. The van der Waals surface area contributed by atoms with E-state index in [0.29, 0.717) is 6.04 Å². The molecule has 1 aliphatic carbocycles. The van der Waals surface area contributed by atoms with Crippen LogP contribution >= 0.6 is 11.3 Å². The summed E-state index contributed by atoms with van der Waals surface area (Å²) in [5.74, 6) is 0. The Morgan fingerprint density at radius 2 is 2.05 bits per heavy atom. The van der Waals surface area contributed by atoms with Gasteiger partial charge in [0.05, 0.1) is 16.3 Å². The molecule has 0 saturated heterocycles. The monoisotopic (exact) mass is 296 g/mol. The van der Waals surface area contributed by atoms with Crippen molar-refractivity contribution in [3.8, 4) is 0 Å². The van der Waals surface area contributed by atoms with Crippen LogP contribution in [0, 0.1) is 13.8 Å². The molecule has 4 heteroatoms. The van der Waals surface area contributed by atoms with Gasteiger partial charge in [0.15, 0.2) is 0 Å². The van der Waals surface area contributed by atoms with Gasteiger partial charge in [-0.25, -0.2) is 4.98 Å². The minimum absolute atomic E-state index is 0.0165. The number of thiazole rings is 1. The Kier molecular flexibility index (Phi) is 5.58. The average molecular weight is 296 g/mol. The van der Waals surface area contributed by atoms with Crippen LogP contribution in [0.15, 0.2) is 0 Å². The Balaban J connectivity index is 2.14. The number of hydrogen-bond acceptors (Lipinski definition) is 4. The van der Waals surface area contributed by atoms with Gasteiger partial charge in [0.25, 0.3) is 0 Å². The summed E-state index contributed by atoms with van der Waals surface area (Å²) in [7, 11) is 1.88. The molecule has 1 unspecified atom stereocenters. The number of nitrogens with zero attached hydrogens (tertiary/aromatic N) is 1. The first kappa shape index (κ1) is 15.9. The standard InChI is InChI=1S/C16H28N2OS/c1-5-10-17-14(16(19-4)8-6-7-9-16)11-15-18-12(2)13(3)20-15/h14,17H,5-11H2,1-4H3. The number of aryl methyl sites for hydroxylation is 2. The molecule has 0 bridgehead atoms. The van der Waals surface area contributed by atoms with E-state index in [0.717, 1.165) is 19.4 Å². The zero-order chi connectivity index (χ0) is 14.6. The molecule has 1 aromatic heterocycles. The third kappa shape index (κ3) is 3.41. The minimum Gasteiger partial charge on any atom is -0.377 e. The molecule has 0 amide bonds. The van der Waals surface area contributed by atoms with Crippen molar-refractivity contribution in [1.82, 2.24) is 10.3 Å². The van der Waals surface area contributed by atoms with Gasteiger partial charge < -0.3 is 10.1 Å². The molecule has 1 atom stereocenters. The second kappa shape index (κ2) is 7.01. The molecule has 3 nitrogen and oxygen atoms in total. The van der Waals surface area contributed by atoms with Crippen LogP contribution in [0.4, 0.5) is 0 Å². The lowest BCUT2D eigenvalue weighted by Crippen LogP contribution is -2.52. The molecule has 1 fully saturated rings. The van der Waals surface area contributed by atoms with E-state index in [1.807, 2.05) is 18.4 Å². The number of hydrogen-bond donors (Lipinski definition) is 1. The van der Waals surface area contributed by atoms with Crippen LogP contribution in [-0.2, 0) is 11.2 Å². The van der Waals surface area contributed by atoms with E-state index in [4.69, 9.17) is 9.72 Å². The summed E-state index contributed by atoms with van der Waals surface area (Å²) in [5, 5.41) is 4.97. The SMILES string of the molecule is CCCNC(Cc1nc(C)c(C)s1)C1(OC)CCCC1. The zero-order valence-corrected chi connectivity index (χ0v) is 14.1. The smallest absolute Gasteiger partial charge is 0.0947 e. The van der Waals surface area contributed by atoms with Crippen molar-refractivity contribution in [3.05, 3.63) is 15.6 Å². The van der Waals surface area contributed by atoms with Gasteiger partial charge in [-0.1, -0.05) is 19.8 Å². The lowest BCUT2D eigenvalue weighted by atomic mass is 9.89. The van der Waals surface area contributed by atoms with Gasteiger partial charge >= 0.3 is 0 Å². The lowest BCUT2D eigenvalue weighted by Gasteiger charge is -2.37. The number of ether oxygens (including phenoxy) is 1. The summed E-state index contributed by atoms with van der Waals surface area (Å²) in [5.41, 5.74) is 1.19. The molecule has 1 aromatic rings. The van der Waals surface area contributed by atoms with E-state index in [9.17, 15) is 0 Å². The predicted molar refractivity (Wildman–Crippen MR) is 85.6 cm³/mol. The van der Waals surface area contributed by atoms with Gasteiger partial charge in [-0.2, -0.15) is 0 Å². The third-order valence-corrected chi connectivity index (χ3v) is 5.68. The number of rotatable bonds is 7. The highest BCUT2D eigenvalue weighted by atomic mass is 32.1. The maximum absolute atomic E-state index is 5.98. The summed E-state index contributed by atoms with van der Waals surface area (Å²) in [4.78, 5) is 6.06. The van der Waals surface area contributed by atoms with Gasteiger partial charge in [-0.3, -0.25) is 0 Å². The van der Waals surface area contributed by atoms with Crippen molar-refractivity contribution in [1.29, 1.82) is 0 Å². The molecular weight excluding hydrogens is 268 g/mol. The van der Waals surface area contributed by atoms with Gasteiger partial charge in [0.2, 0.25) is 0 Å². The zero-order valence-electron chi connectivity index (χ0n) is 13.3. The Bertz CT molecular complexity index is 405. The van der Waals surface area contributed by atoms with E-state index in [1.54, 1.807) is 0 Å². The Hall–Kier alpha value is -0.450. The van der Waals surface area contributed by atoms with Crippen molar-refractivity contribution < 1.29 is 4.74 Å².